The van der Waals surface area contributed by atoms with E-state index in [1.165, 1.54) is 23.5 Å². The Balaban J connectivity index is 1.33. The molecule has 9 heteroatoms. The Morgan fingerprint density at radius 1 is 1.14 bits per heavy atom. The number of carbonyl (C=O) groups is 2. The summed E-state index contributed by atoms with van der Waals surface area (Å²) in [5.74, 6) is -0.779. The van der Waals surface area contributed by atoms with Crippen LogP contribution in [0.3, 0.4) is 0 Å². The second-order valence-electron chi connectivity index (χ2n) is 6.81. The number of nitrogens with zero attached hydrogens (tertiary/aromatic N) is 2. The first kappa shape index (κ1) is 19.1. The normalized spacial score (nSPS) is 14.6. The fourth-order valence-electron chi connectivity index (χ4n) is 3.34. The van der Waals surface area contributed by atoms with E-state index in [4.69, 9.17) is 0 Å². The van der Waals surface area contributed by atoms with Crippen LogP contribution in [0.4, 0.5) is 19.9 Å². The molecule has 0 radical (unpaired) electrons. The van der Waals surface area contributed by atoms with Crippen LogP contribution >= 0.6 is 11.3 Å². The summed E-state index contributed by atoms with van der Waals surface area (Å²) in [6.07, 6.45) is 1.54. The van der Waals surface area contributed by atoms with Crippen molar-refractivity contribution in [2.45, 2.75) is 18.8 Å². The highest BCUT2D eigenvalue weighted by Crippen LogP contribution is 2.28. The van der Waals surface area contributed by atoms with Gasteiger partial charge in [-0.05, 0) is 48.6 Å². The van der Waals surface area contributed by atoms with Crippen LogP contribution in [-0.2, 0) is 0 Å². The van der Waals surface area contributed by atoms with Crippen molar-refractivity contribution in [3.8, 4) is 0 Å². The van der Waals surface area contributed by atoms with Crippen molar-refractivity contribution in [1.29, 1.82) is 0 Å². The van der Waals surface area contributed by atoms with Crippen LogP contribution in [0.5, 0.6) is 0 Å². The van der Waals surface area contributed by atoms with Gasteiger partial charge in [-0.25, -0.2) is 9.18 Å². The molecule has 0 spiro atoms. The molecule has 150 valence electrons. The lowest BCUT2D eigenvalue weighted by molar-refractivity contribution is 0.102. The Morgan fingerprint density at radius 2 is 1.93 bits per heavy atom. The Bertz CT molecular complexity index is 996. The molecule has 1 saturated heterocycles. The van der Waals surface area contributed by atoms with Gasteiger partial charge in [0.15, 0.2) is 5.69 Å². The molecule has 4 rings (SSSR count). The van der Waals surface area contributed by atoms with Gasteiger partial charge in [0, 0.05) is 24.7 Å². The lowest BCUT2D eigenvalue weighted by Gasteiger charge is -2.31. The number of benzene rings is 1. The van der Waals surface area contributed by atoms with E-state index in [0.29, 0.717) is 13.1 Å². The number of amides is 3. The predicted octanol–water partition coefficient (Wildman–Crippen LogP) is 4.27. The quantitative estimate of drug-likeness (QED) is 0.596. The van der Waals surface area contributed by atoms with Crippen LogP contribution in [0.15, 0.2) is 47.8 Å². The van der Waals surface area contributed by atoms with E-state index in [9.17, 15) is 14.0 Å². The molecule has 1 fully saturated rings. The molecule has 7 nitrogen and oxygen atoms in total. The number of thiophene rings is 1. The molecule has 3 N–H and O–H groups in total. The minimum absolute atomic E-state index is 0.0968. The van der Waals surface area contributed by atoms with Gasteiger partial charge in [-0.3, -0.25) is 15.2 Å². The molecule has 1 aliphatic rings. The van der Waals surface area contributed by atoms with Crippen molar-refractivity contribution in [1.82, 2.24) is 15.1 Å². The molecule has 1 aromatic carbocycles. The number of para-hydroxylation sites is 1. The Hall–Kier alpha value is -3.20. The maximum absolute atomic E-state index is 13.7. The first-order valence-electron chi connectivity index (χ1n) is 9.31. The van der Waals surface area contributed by atoms with Crippen LogP contribution in [0, 0.1) is 5.82 Å². The standard InChI is InChI=1S/C20H20FN5O2S/c21-14-4-1-2-5-15(14)22-19(27)17-12-16(24-25-17)13-7-9-26(10-8-13)20(28)23-18-6-3-11-29-18/h1-6,11-13H,7-10H2,(H,22,27)(H,23,28)(H,24,25). The highest BCUT2D eigenvalue weighted by atomic mass is 32.1. The lowest BCUT2D eigenvalue weighted by Crippen LogP contribution is -2.40. The van der Waals surface area contributed by atoms with Crippen LogP contribution in [0.1, 0.15) is 34.9 Å². The van der Waals surface area contributed by atoms with Crippen LogP contribution in [-0.4, -0.2) is 40.1 Å². The maximum atomic E-state index is 13.7. The summed E-state index contributed by atoms with van der Waals surface area (Å²) in [6.45, 7) is 1.25. The number of carbonyl (C=O) groups excluding carboxylic acids is 2. The number of H-pyrrole nitrogens is 1. The zero-order valence-corrected chi connectivity index (χ0v) is 16.3. The molecule has 0 saturated carbocycles. The number of piperidine rings is 1. The van der Waals surface area contributed by atoms with E-state index in [0.717, 1.165) is 23.5 Å². The number of hydrogen-bond acceptors (Lipinski definition) is 4. The average Bonchev–Trinajstić information content (AvgIpc) is 3.42. The number of likely N-dealkylation sites (tertiary alicyclic amines) is 1. The second kappa shape index (κ2) is 8.44. The lowest BCUT2D eigenvalue weighted by atomic mass is 9.93. The zero-order valence-electron chi connectivity index (χ0n) is 15.5. The maximum Gasteiger partial charge on any atom is 0.322 e. The minimum Gasteiger partial charge on any atom is -0.324 e. The van der Waals surface area contributed by atoms with Gasteiger partial charge in [0.25, 0.3) is 5.91 Å². The van der Waals surface area contributed by atoms with Crippen LogP contribution in [0.25, 0.3) is 0 Å². The molecular formula is C20H20FN5O2S. The summed E-state index contributed by atoms with van der Waals surface area (Å²) in [6, 6.07) is 11.4. The third-order valence-electron chi connectivity index (χ3n) is 4.93. The number of aromatic nitrogens is 2. The second-order valence-corrected chi connectivity index (χ2v) is 7.76. The van der Waals surface area contributed by atoms with Crippen molar-refractivity contribution in [3.05, 3.63) is 65.0 Å². The monoisotopic (exact) mass is 413 g/mol. The van der Waals surface area contributed by atoms with Gasteiger partial charge in [-0.15, -0.1) is 11.3 Å². The van der Waals surface area contributed by atoms with Crippen LogP contribution in [0.2, 0.25) is 0 Å². The first-order valence-corrected chi connectivity index (χ1v) is 10.2. The third kappa shape index (κ3) is 4.45. The Morgan fingerprint density at radius 3 is 2.66 bits per heavy atom. The van der Waals surface area contributed by atoms with E-state index in [2.05, 4.69) is 20.8 Å². The van der Waals surface area contributed by atoms with E-state index in [1.54, 1.807) is 23.1 Å². The van der Waals surface area contributed by atoms with E-state index >= 15 is 0 Å². The van der Waals surface area contributed by atoms with Gasteiger partial charge in [0.05, 0.1) is 10.7 Å². The summed E-state index contributed by atoms with van der Waals surface area (Å²) in [5.41, 5.74) is 1.18. The Kier molecular flexibility index (Phi) is 5.57. The van der Waals surface area contributed by atoms with Crippen molar-refractivity contribution < 1.29 is 14.0 Å². The molecule has 0 bridgehead atoms. The zero-order chi connectivity index (χ0) is 20.2. The predicted molar refractivity (Wildman–Crippen MR) is 110 cm³/mol. The van der Waals surface area contributed by atoms with Gasteiger partial charge in [0.2, 0.25) is 0 Å². The number of halogens is 1. The fourth-order valence-corrected chi connectivity index (χ4v) is 3.95. The van der Waals surface area contributed by atoms with Gasteiger partial charge < -0.3 is 10.2 Å². The molecule has 1 aliphatic heterocycles. The topological polar surface area (TPSA) is 90.1 Å². The molecule has 0 atom stereocenters. The number of urea groups is 1. The molecule has 3 aromatic rings. The Labute approximate surface area is 170 Å². The van der Waals surface area contributed by atoms with Crippen LogP contribution < -0.4 is 10.6 Å². The average molecular weight is 413 g/mol. The highest BCUT2D eigenvalue weighted by Gasteiger charge is 2.26. The fraction of sp³-hybridized carbons (Fsp3) is 0.250. The summed E-state index contributed by atoms with van der Waals surface area (Å²) >= 11 is 1.49. The summed E-state index contributed by atoms with van der Waals surface area (Å²) in [7, 11) is 0. The largest absolute Gasteiger partial charge is 0.324 e. The number of anilines is 2. The molecule has 2 aromatic heterocycles. The van der Waals surface area contributed by atoms with Crippen molar-refractivity contribution in [2.24, 2.45) is 0 Å². The number of rotatable bonds is 4. The molecule has 0 unspecified atom stereocenters. The SMILES string of the molecule is O=C(Nc1ccccc1F)c1cc(C2CCN(C(=O)Nc3cccs3)CC2)[nH]n1. The van der Waals surface area contributed by atoms with E-state index in [-0.39, 0.29) is 23.3 Å². The smallest absolute Gasteiger partial charge is 0.322 e. The highest BCUT2D eigenvalue weighted by molar-refractivity contribution is 7.14. The molecule has 3 heterocycles. The van der Waals surface area contributed by atoms with Gasteiger partial charge >= 0.3 is 6.03 Å². The van der Waals surface area contributed by atoms with Gasteiger partial charge in [-0.1, -0.05) is 12.1 Å². The van der Waals surface area contributed by atoms with E-state index in [1.807, 2.05) is 17.5 Å². The van der Waals surface area contributed by atoms with Gasteiger partial charge in [0.1, 0.15) is 5.82 Å². The minimum atomic E-state index is -0.496. The molecular weight excluding hydrogens is 393 g/mol. The van der Waals surface area contributed by atoms with E-state index < -0.39 is 11.7 Å². The van der Waals surface area contributed by atoms with Crippen molar-refractivity contribution in [3.63, 3.8) is 0 Å². The van der Waals surface area contributed by atoms with Crippen molar-refractivity contribution in [2.75, 3.05) is 23.7 Å². The number of aromatic amines is 1. The summed E-state index contributed by atoms with van der Waals surface area (Å²) in [5, 5.41) is 15.2. The number of nitrogens with one attached hydrogen (secondary N) is 3. The first-order chi connectivity index (χ1) is 14.1. The molecule has 0 aliphatic carbocycles. The van der Waals surface area contributed by atoms with Gasteiger partial charge in [-0.2, -0.15) is 5.10 Å². The van der Waals surface area contributed by atoms with Crippen molar-refractivity contribution >= 4 is 34.0 Å². The summed E-state index contributed by atoms with van der Waals surface area (Å²) < 4.78 is 13.7. The molecule has 3 amide bonds. The number of hydrogen-bond donors (Lipinski definition) is 3. The molecule has 29 heavy (non-hydrogen) atoms. The summed E-state index contributed by atoms with van der Waals surface area (Å²) in [4.78, 5) is 26.4. The third-order valence-corrected chi connectivity index (χ3v) is 5.71.